The van der Waals surface area contributed by atoms with E-state index >= 15 is 0 Å². The third kappa shape index (κ3) is 1.32. The van der Waals surface area contributed by atoms with E-state index in [0.717, 1.165) is 16.3 Å². The first-order valence-corrected chi connectivity index (χ1v) is 5.39. The summed E-state index contributed by atoms with van der Waals surface area (Å²) in [5.74, 6) is 0.169. The lowest BCUT2D eigenvalue weighted by atomic mass is 10.1. The molecule has 0 bridgehead atoms. The molecule has 0 amide bonds. The average Bonchev–Trinajstić information content (AvgIpc) is 2.36. The van der Waals surface area contributed by atoms with Crippen molar-refractivity contribution in [2.24, 2.45) is 7.05 Å². The lowest BCUT2D eigenvalue weighted by Gasteiger charge is -2.08. The number of benzene rings is 2. The van der Waals surface area contributed by atoms with Crippen molar-refractivity contribution in [1.29, 1.82) is 0 Å². The predicted molar refractivity (Wildman–Crippen MR) is 68.4 cm³/mol. The number of pyridine rings is 1. The molecule has 0 aliphatic rings. The molecule has 0 aliphatic carbocycles. The first kappa shape index (κ1) is 9.90. The number of hydrogen-bond donors (Lipinski definition) is 1. The summed E-state index contributed by atoms with van der Waals surface area (Å²) in [6.45, 7) is 0. The van der Waals surface area contributed by atoms with Gasteiger partial charge in [0.05, 0.1) is 5.52 Å². The minimum atomic E-state index is -0.0429. The monoisotopic (exact) mass is 225 g/mol. The molecule has 0 atom stereocenters. The summed E-state index contributed by atoms with van der Waals surface area (Å²) in [6, 6.07) is 12.6. The summed E-state index contributed by atoms with van der Waals surface area (Å²) < 4.78 is 1.57. The number of rotatable bonds is 0. The van der Waals surface area contributed by atoms with Crippen molar-refractivity contribution in [2.45, 2.75) is 0 Å². The van der Waals surface area contributed by atoms with Gasteiger partial charge >= 0.3 is 0 Å². The highest BCUT2D eigenvalue weighted by Gasteiger charge is 2.07. The van der Waals surface area contributed by atoms with Gasteiger partial charge in [-0.05, 0) is 23.6 Å². The van der Waals surface area contributed by atoms with E-state index in [0.29, 0.717) is 5.39 Å². The van der Waals surface area contributed by atoms with E-state index in [2.05, 4.69) is 0 Å². The van der Waals surface area contributed by atoms with Gasteiger partial charge in [-0.2, -0.15) is 0 Å². The maximum absolute atomic E-state index is 12.1. The molecule has 1 heterocycles. The minimum absolute atomic E-state index is 0.0429. The van der Waals surface area contributed by atoms with E-state index in [4.69, 9.17) is 0 Å². The average molecular weight is 225 g/mol. The van der Waals surface area contributed by atoms with Crippen LogP contribution in [0.5, 0.6) is 5.75 Å². The molecule has 3 aromatic rings. The third-order valence-corrected chi connectivity index (χ3v) is 3.09. The van der Waals surface area contributed by atoms with E-state index < -0.39 is 0 Å². The van der Waals surface area contributed by atoms with Crippen LogP contribution in [0.15, 0.2) is 47.3 Å². The Kier molecular flexibility index (Phi) is 1.95. The highest BCUT2D eigenvalue weighted by Crippen LogP contribution is 2.25. The third-order valence-electron chi connectivity index (χ3n) is 3.09. The number of phenolic OH excluding ortho intramolecular Hbond substituents is 1. The van der Waals surface area contributed by atoms with E-state index in [1.165, 1.54) is 0 Å². The van der Waals surface area contributed by atoms with Gasteiger partial charge in [0.25, 0.3) is 5.56 Å². The first-order valence-electron chi connectivity index (χ1n) is 5.39. The van der Waals surface area contributed by atoms with Crippen molar-refractivity contribution in [3.63, 3.8) is 0 Å². The predicted octanol–water partition coefficient (Wildman–Crippen LogP) is 2.40. The molecular formula is C14H11NO2. The normalized spacial score (nSPS) is 11.1. The second-order valence-corrected chi connectivity index (χ2v) is 4.11. The Morgan fingerprint density at radius 1 is 1.00 bits per heavy atom. The van der Waals surface area contributed by atoms with Crippen LogP contribution in [0.25, 0.3) is 21.7 Å². The van der Waals surface area contributed by atoms with Gasteiger partial charge in [0.2, 0.25) is 0 Å². The fourth-order valence-electron chi connectivity index (χ4n) is 2.22. The largest absolute Gasteiger partial charge is 0.508 e. The van der Waals surface area contributed by atoms with Crippen LogP contribution in [-0.2, 0) is 7.05 Å². The number of nitrogens with zero attached hydrogens (tertiary/aromatic N) is 1. The Labute approximate surface area is 97.5 Å². The summed E-state index contributed by atoms with van der Waals surface area (Å²) in [4.78, 5) is 12.1. The van der Waals surface area contributed by atoms with Crippen LogP contribution in [0.3, 0.4) is 0 Å². The highest BCUT2D eigenvalue weighted by molar-refractivity contribution is 6.05. The number of aromatic hydroxyl groups is 1. The van der Waals surface area contributed by atoms with Crippen molar-refractivity contribution in [2.75, 3.05) is 0 Å². The maximum Gasteiger partial charge on any atom is 0.258 e. The molecule has 17 heavy (non-hydrogen) atoms. The molecule has 0 radical (unpaired) electrons. The van der Waals surface area contributed by atoms with Crippen LogP contribution in [-0.4, -0.2) is 9.67 Å². The molecule has 0 aliphatic heterocycles. The van der Waals surface area contributed by atoms with Gasteiger partial charge in [-0.25, -0.2) is 0 Å². The summed E-state index contributed by atoms with van der Waals surface area (Å²) in [5.41, 5.74) is 0.701. The molecule has 0 spiro atoms. The molecular weight excluding hydrogens is 214 g/mol. The van der Waals surface area contributed by atoms with Crippen molar-refractivity contribution in [3.05, 3.63) is 52.8 Å². The standard InChI is InChI=1S/C14H11NO2/c1-15-13-8-9(16)6-7-11(13)10-4-2-3-5-12(10)14(15)17/h2-8,16H,1H3. The number of fused-ring (bicyclic) bond motifs is 3. The van der Waals surface area contributed by atoms with Crippen LogP contribution in [0, 0.1) is 0 Å². The van der Waals surface area contributed by atoms with Gasteiger partial charge in [-0.1, -0.05) is 18.2 Å². The van der Waals surface area contributed by atoms with E-state index in [9.17, 15) is 9.90 Å². The van der Waals surface area contributed by atoms with Crippen LogP contribution >= 0.6 is 0 Å². The molecule has 0 saturated heterocycles. The topological polar surface area (TPSA) is 42.2 Å². The lowest BCUT2D eigenvalue weighted by Crippen LogP contribution is -2.17. The lowest BCUT2D eigenvalue weighted by molar-refractivity contribution is 0.476. The number of aromatic nitrogens is 1. The Morgan fingerprint density at radius 2 is 1.71 bits per heavy atom. The van der Waals surface area contributed by atoms with Gasteiger partial charge in [0.1, 0.15) is 5.75 Å². The van der Waals surface area contributed by atoms with Gasteiger partial charge < -0.3 is 9.67 Å². The quantitative estimate of drug-likeness (QED) is 0.597. The Balaban J connectivity index is 2.70. The van der Waals surface area contributed by atoms with Crippen LogP contribution in [0.1, 0.15) is 0 Å². The number of aryl methyl sites for hydroxylation is 1. The van der Waals surface area contributed by atoms with E-state index in [1.54, 1.807) is 23.7 Å². The van der Waals surface area contributed by atoms with E-state index in [-0.39, 0.29) is 11.3 Å². The van der Waals surface area contributed by atoms with Gasteiger partial charge in [-0.3, -0.25) is 4.79 Å². The number of phenols is 1. The zero-order valence-corrected chi connectivity index (χ0v) is 9.34. The summed E-state index contributed by atoms with van der Waals surface area (Å²) in [5, 5.41) is 12.1. The summed E-state index contributed by atoms with van der Waals surface area (Å²) >= 11 is 0. The van der Waals surface area contributed by atoms with Crippen LogP contribution in [0.2, 0.25) is 0 Å². The van der Waals surface area contributed by atoms with Crippen molar-refractivity contribution in [3.8, 4) is 5.75 Å². The Bertz CT molecular complexity index is 787. The maximum atomic E-state index is 12.1. The van der Waals surface area contributed by atoms with Crippen molar-refractivity contribution >= 4 is 21.7 Å². The van der Waals surface area contributed by atoms with Crippen molar-refractivity contribution in [1.82, 2.24) is 4.57 Å². The molecule has 3 nitrogen and oxygen atoms in total. The van der Waals surface area contributed by atoms with Crippen LogP contribution < -0.4 is 5.56 Å². The van der Waals surface area contributed by atoms with E-state index in [1.807, 2.05) is 30.3 Å². The summed E-state index contributed by atoms with van der Waals surface area (Å²) in [7, 11) is 1.72. The second-order valence-electron chi connectivity index (χ2n) is 4.11. The molecule has 3 rings (SSSR count). The number of hydrogen-bond acceptors (Lipinski definition) is 2. The smallest absolute Gasteiger partial charge is 0.258 e. The Hall–Kier alpha value is -2.29. The molecule has 2 aromatic carbocycles. The zero-order valence-electron chi connectivity index (χ0n) is 9.34. The molecule has 3 heteroatoms. The molecule has 0 fully saturated rings. The van der Waals surface area contributed by atoms with Gasteiger partial charge in [0, 0.05) is 23.9 Å². The SMILES string of the molecule is Cn1c(=O)c2ccccc2c2ccc(O)cc21. The zero-order chi connectivity index (χ0) is 12.0. The molecule has 84 valence electrons. The fraction of sp³-hybridized carbons (Fsp3) is 0.0714. The minimum Gasteiger partial charge on any atom is -0.508 e. The molecule has 1 aromatic heterocycles. The fourth-order valence-corrected chi connectivity index (χ4v) is 2.22. The van der Waals surface area contributed by atoms with Gasteiger partial charge in [-0.15, -0.1) is 0 Å². The van der Waals surface area contributed by atoms with Crippen LogP contribution in [0.4, 0.5) is 0 Å². The molecule has 0 saturated carbocycles. The highest BCUT2D eigenvalue weighted by atomic mass is 16.3. The second kappa shape index (κ2) is 3.35. The first-order chi connectivity index (χ1) is 8.18. The van der Waals surface area contributed by atoms with Gasteiger partial charge in [0.15, 0.2) is 0 Å². The molecule has 1 N–H and O–H groups in total. The Morgan fingerprint density at radius 3 is 2.47 bits per heavy atom. The van der Waals surface area contributed by atoms with Crippen molar-refractivity contribution < 1.29 is 5.11 Å². The summed E-state index contributed by atoms with van der Waals surface area (Å²) in [6.07, 6.45) is 0. The molecule has 0 unspecified atom stereocenters.